The second-order valence-electron chi connectivity index (χ2n) is 5.14. The molecular weight excluding hydrogens is 253 g/mol. The van der Waals surface area contributed by atoms with Crippen molar-refractivity contribution in [2.75, 3.05) is 20.1 Å². The molecule has 1 N–H and O–H groups in total. The zero-order valence-corrected chi connectivity index (χ0v) is 11.0. The summed E-state index contributed by atoms with van der Waals surface area (Å²) in [5, 5.41) is 3.35. The van der Waals surface area contributed by atoms with Crippen LogP contribution in [0.1, 0.15) is 24.0 Å². The maximum atomic E-state index is 12.9. The Balaban J connectivity index is 2.01. The Morgan fingerprint density at radius 1 is 1.32 bits per heavy atom. The fraction of sp³-hybridized carbons (Fsp3) is 0.571. The summed E-state index contributed by atoms with van der Waals surface area (Å²) in [6, 6.07) is 6.21. The van der Waals surface area contributed by atoms with E-state index in [0.29, 0.717) is 18.2 Å². The van der Waals surface area contributed by atoms with Crippen LogP contribution in [-0.4, -0.2) is 31.1 Å². The van der Waals surface area contributed by atoms with Gasteiger partial charge < -0.3 is 10.2 Å². The lowest BCUT2D eigenvalue weighted by molar-refractivity contribution is -0.138. The average Bonchev–Trinajstić information content (AvgIpc) is 2.81. The Kier molecular flexibility index (Phi) is 4.47. The van der Waals surface area contributed by atoms with Gasteiger partial charge in [-0.1, -0.05) is 18.2 Å². The molecule has 2 nitrogen and oxygen atoms in total. The number of likely N-dealkylation sites (N-methyl/N-ethyl adjacent to an activating group) is 1. The van der Waals surface area contributed by atoms with Crippen LogP contribution in [0, 0.1) is 0 Å². The molecule has 1 atom stereocenters. The van der Waals surface area contributed by atoms with Crippen LogP contribution in [0.5, 0.6) is 0 Å². The fourth-order valence-electron chi connectivity index (χ4n) is 2.58. The van der Waals surface area contributed by atoms with Crippen molar-refractivity contribution in [3.05, 3.63) is 35.4 Å². The number of halogens is 3. The van der Waals surface area contributed by atoms with E-state index in [-0.39, 0.29) is 0 Å². The van der Waals surface area contributed by atoms with E-state index >= 15 is 0 Å². The van der Waals surface area contributed by atoms with Gasteiger partial charge >= 0.3 is 6.18 Å². The van der Waals surface area contributed by atoms with Crippen molar-refractivity contribution in [3.63, 3.8) is 0 Å². The van der Waals surface area contributed by atoms with E-state index < -0.39 is 11.7 Å². The Labute approximate surface area is 111 Å². The van der Waals surface area contributed by atoms with Crippen molar-refractivity contribution in [2.24, 2.45) is 0 Å². The zero-order valence-electron chi connectivity index (χ0n) is 11.0. The molecule has 1 aromatic carbocycles. The quantitative estimate of drug-likeness (QED) is 0.906. The van der Waals surface area contributed by atoms with E-state index in [1.54, 1.807) is 12.1 Å². The Morgan fingerprint density at radius 2 is 2.05 bits per heavy atom. The van der Waals surface area contributed by atoms with Crippen LogP contribution in [0.25, 0.3) is 0 Å². The first-order valence-corrected chi connectivity index (χ1v) is 6.54. The molecule has 5 heteroatoms. The molecule has 19 heavy (non-hydrogen) atoms. The lowest BCUT2D eigenvalue weighted by Crippen LogP contribution is -2.35. The van der Waals surface area contributed by atoms with Crippen LogP contribution >= 0.6 is 0 Å². The summed E-state index contributed by atoms with van der Waals surface area (Å²) < 4.78 is 38.6. The maximum absolute atomic E-state index is 12.9. The molecule has 0 amide bonds. The molecule has 1 aliphatic heterocycles. The number of nitrogens with one attached hydrogen (secondary N) is 1. The lowest BCUT2D eigenvalue weighted by Gasteiger charge is -2.22. The Morgan fingerprint density at radius 3 is 2.68 bits per heavy atom. The largest absolute Gasteiger partial charge is 0.416 e. The summed E-state index contributed by atoms with van der Waals surface area (Å²) in [5.74, 6) is 0. The monoisotopic (exact) mass is 272 g/mol. The van der Waals surface area contributed by atoms with Crippen molar-refractivity contribution in [2.45, 2.75) is 31.6 Å². The van der Waals surface area contributed by atoms with Gasteiger partial charge in [0.15, 0.2) is 0 Å². The van der Waals surface area contributed by atoms with Crippen LogP contribution in [0.4, 0.5) is 13.2 Å². The van der Waals surface area contributed by atoms with Gasteiger partial charge in [-0.25, -0.2) is 0 Å². The highest BCUT2D eigenvalue weighted by Crippen LogP contribution is 2.32. The topological polar surface area (TPSA) is 15.3 Å². The molecule has 0 saturated carbocycles. The summed E-state index contributed by atoms with van der Waals surface area (Å²) in [4.78, 5) is 1.95. The number of hydrogen-bond acceptors (Lipinski definition) is 2. The molecule has 0 aliphatic carbocycles. The van der Waals surface area contributed by atoms with Crippen molar-refractivity contribution in [3.8, 4) is 0 Å². The molecule has 1 fully saturated rings. The number of nitrogens with zero attached hydrogens (tertiary/aromatic N) is 1. The van der Waals surface area contributed by atoms with E-state index in [9.17, 15) is 13.2 Å². The molecule has 0 aromatic heterocycles. The molecule has 1 aliphatic rings. The van der Waals surface area contributed by atoms with Crippen molar-refractivity contribution in [1.29, 1.82) is 0 Å². The van der Waals surface area contributed by atoms with Gasteiger partial charge in [0.05, 0.1) is 5.56 Å². The van der Waals surface area contributed by atoms with E-state index in [1.165, 1.54) is 6.07 Å². The summed E-state index contributed by atoms with van der Waals surface area (Å²) in [6.07, 6.45) is -2.02. The highest BCUT2D eigenvalue weighted by molar-refractivity contribution is 5.29. The number of benzene rings is 1. The fourth-order valence-corrected chi connectivity index (χ4v) is 2.58. The van der Waals surface area contributed by atoms with E-state index in [4.69, 9.17) is 0 Å². The SMILES string of the molecule is CN(Cc1ccccc1C(F)(F)F)CC1CCCN1. The lowest BCUT2D eigenvalue weighted by atomic mass is 10.1. The molecular formula is C14H19F3N2. The molecule has 0 bridgehead atoms. The van der Waals surface area contributed by atoms with Crippen LogP contribution in [-0.2, 0) is 12.7 Å². The Bertz CT molecular complexity index is 411. The minimum absolute atomic E-state index is 0.327. The number of hydrogen-bond donors (Lipinski definition) is 1. The Hall–Kier alpha value is -1.07. The molecule has 106 valence electrons. The van der Waals surface area contributed by atoms with E-state index in [2.05, 4.69) is 5.32 Å². The molecule has 1 aromatic rings. The van der Waals surface area contributed by atoms with Crippen LogP contribution in [0.3, 0.4) is 0 Å². The third-order valence-corrected chi connectivity index (χ3v) is 3.46. The minimum Gasteiger partial charge on any atom is -0.313 e. The summed E-state index contributed by atoms with van der Waals surface area (Å²) >= 11 is 0. The first kappa shape index (κ1) is 14.3. The summed E-state index contributed by atoms with van der Waals surface area (Å²) in [7, 11) is 1.87. The second-order valence-corrected chi connectivity index (χ2v) is 5.14. The van der Waals surface area contributed by atoms with Gasteiger partial charge in [-0.15, -0.1) is 0 Å². The minimum atomic E-state index is -4.27. The normalized spacial score (nSPS) is 20.2. The third kappa shape index (κ3) is 3.94. The van der Waals surface area contributed by atoms with Gasteiger partial charge in [-0.2, -0.15) is 13.2 Å². The summed E-state index contributed by atoms with van der Waals surface area (Å²) in [5.41, 5.74) is -0.184. The van der Waals surface area contributed by atoms with Crippen LogP contribution in [0.2, 0.25) is 0 Å². The average molecular weight is 272 g/mol. The standard InChI is InChI=1S/C14H19F3N2/c1-19(10-12-6-4-8-18-12)9-11-5-2-3-7-13(11)14(15,16)17/h2-3,5,7,12,18H,4,6,8-10H2,1H3. The van der Waals surface area contributed by atoms with Crippen molar-refractivity contribution in [1.82, 2.24) is 10.2 Å². The molecule has 0 spiro atoms. The molecule has 1 heterocycles. The second kappa shape index (κ2) is 5.92. The highest BCUT2D eigenvalue weighted by Gasteiger charge is 2.33. The van der Waals surface area contributed by atoms with E-state index in [0.717, 1.165) is 32.0 Å². The van der Waals surface area contributed by atoms with Crippen molar-refractivity contribution >= 4 is 0 Å². The smallest absolute Gasteiger partial charge is 0.313 e. The van der Waals surface area contributed by atoms with Crippen LogP contribution < -0.4 is 5.32 Å². The number of rotatable bonds is 4. The molecule has 1 unspecified atom stereocenters. The zero-order chi connectivity index (χ0) is 13.9. The number of alkyl halides is 3. The molecule has 2 rings (SSSR count). The van der Waals surface area contributed by atoms with Gasteiger partial charge in [-0.3, -0.25) is 0 Å². The summed E-state index contributed by atoms with van der Waals surface area (Å²) in [6.45, 7) is 2.12. The van der Waals surface area contributed by atoms with Gasteiger partial charge in [0.2, 0.25) is 0 Å². The van der Waals surface area contributed by atoms with E-state index in [1.807, 2.05) is 11.9 Å². The predicted octanol–water partition coefficient (Wildman–Crippen LogP) is 2.89. The van der Waals surface area contributed by atoms with Crippen molar-refractivity contribution < 1.29 is 13.2 Å². The third-order valence-electron chi connectivity index (χ3n) is 3.46. The van der Waals surface area contributed by atoms with Gasteiger partial charge in [0, 0.05) is 19.1 Å². The molecule has 0 radical (unpaired) electrons. The van der Waals surface area contributed by atoms with Gasteiger partial charge in [0.1, 0.15) is 0 Å². The van der Waals surface area contributed by atoms with Gasteiger partial charge in [0.25, 0.3) is 0 Å². The predicted molar refractivity (Wildman–Crippen MR) is 68.8 cm³/mol. The van der Waals surface area contributed by atoms with Gasteiger partial charge in [-0.05, 0) is 38.1 Å². The van der Waals surface area contributed by atoms with Crippen LogP contribution in [0.15, 0.2) is 24.3 Å². The highest BCUT2D eigenvalue weighted by atomic mass is 19.4. The maximum Gasteiger partial charge on any atom is 0.416 e. The first-order chi connectivity index (χ1) is 8.97. The molecule has 1 saturated heterocycles. The first-order valence-electron chi connectivity index (χ1n) is 6.54.